The zero-order valence-corrected chi connectivity index (χ0v) is 9.78. The van der Waals surface area contributed by atoms with E-state index < -0.39 is 0 Å². The van der Waals surface area contributed by atoms with Crippen LogP contribution in [0, 0.1) is 0 Å². The quantitative estimate of drug-likeness (QED) is 0.604. The SMILES string of the molecule is NCCCCCOc1ccc2c(c1)COC2=O. The summed E-state index contributed by atoms with van der Waals surface area (Å²) >= 11 is 0. The standard InChI is InChI=1S/C13H17NO3/c14-6-2-1-3-7-16-11-4-5-12-10(8-11)9-17-13(12)15/h4-5,8H,1-3,6-7,9,14H2. The molecule has 0 aromatic heterocycles. The molecule has 0 saturated heterocycles. The van der Waals surface area contributed by atoms with E-state index in [1.165, 1.54) is 0 Å². The molecule has 0 amide bonds. The minimum absolute atomic E-state index is 0.241. The lowest BCUT2D eigenvalue weighted by Crippen LogP contribution is -2.02. The number of fused-ring (bicyclic) bond motifs is 1. The van der Waals surface area contributed by atoms with Crippen molar-refractivity contribution < 1.29 is 14.3 Å². The average molecular weight is 235 g/mol. The molecule has 1 aromatic rings. The molecule has 1 heterocycles. The molecule has 92 valence electrons. The number of esters is 1. The molecule has 0 spiro atoms. The number of benzene rings is 1. The molecule has 0 fully saturated rings. The molecule has 0 saturated carbocycles. The first kappa shape index (κ1) is 11.9. The molecule has 0 unspecified atom stereocenters. The van der Waals surface area contributed by atoms with Gasteiger partial charge in [0.05, 0.1) is 12.2 Å². The van der Waals surface area contributed by atoms with Crippen LogP contribution in [-0.4, -0.2) is 19.1 Å². The zero-order valence-electron chi connectivity index (χ0n) is 9.78. The highest BCUT2D eigenvalue weighted by molar-refractivity contribution is 5.93. The highest BCUT2D eigenvalue weighted by atomic mass is 16.5. The summed E-state index contributed by atoms with van der Waals surface area (Å²) < 4.78 is 10.5. The number of carbonyl (C=O) groups excluding carboxylic acids is 1. The van der Waals surface area contributed by atoms with Crippen LogP contribution in [0.1, 0.15) is 35.2 Å². The lowest BCUT2D eigenvalue weighted by Gasteiger charge is -2.06. The van der Waals surface area contributed by atoms with E-state index in [2.05, 4.69) is 0 Å². The minimum Gasteiger partial charge on any atom is -0.494 e. The number of rotatable bonds is 6. The fraction of sp³-hybridized carbons (Fsp3) is 0.462. The van der Waals surface area contributed by atoms with Gasteiger partial charge in [-0.15, -0.1) is 0 Å². The Labute approximate surface area is 101 Å². The van der Waals surface area contributed by atoms with E-state index in [1.807, 2.05) is 12.1 Å². The second-order valence-electron chi connectivity index (χ2n) is 4.09. The third kappa shape index (κ3) is 2.97. The fourth-order valence-corrected chi connectivity index (χ4v) is 1.81. The van der Waals surface area contributed by atoms with E-state index in [-0.39, 0.29) is 5.97 Å². The first-order valence-electron chi connectivity index (χ1n) is 5.94. The topological polar surface area (TPSA) is 61.6 Å². The van der Waals surface area contributed by atoms with E-state index in [1.54, 1.807) is 6.07 Å². The summed E-state index contributed by atoms with van der Waals surface area (Å²) in [6.07, 6.45) is 3.13. The van der Waals surface area contributed by atoms with Gasteiger partial charge in [0.15, 0.2) is 0 Å². The van der Waals surface area contributed by atoms with E-state index in [0.29, 0.717) is 18.8 Å². The van der Waals surface area contributed by atoms with Gasteiger partial charge in [0.1, 0.15) is 12.4 Å². The Kier molecular flexibility index (Phi) is 3.98. The van der Waals surface area contributed by atoms with Gasteiger partial charge in [-0.1, -0.05) is 0 Å². The summed E-state index contributed by atoms with van der Waals surface area (Å²) in [5, 5.41) is 0. The van der Waals surface area contributed by atoms with Gasteiger partial charge in [-0.3, -0.25) is 0 Å². The first-order chi connectivity index (χ1) is 8.31. The van der Waals surface area contributed by atoms with Crippen molar-refractivity contribution in [2.75, 3.05) is 13.2 Å². The van der Waals surface area contributed by atoms with Crippen LogP contribution in [0.4, 0.5) is 0 Å². The molecular weight excluding hydrogens is 218 g/mol. The predicted molar refractivity (Wildman–Crippen MR) is 64.0 cm³/mol. The fourth-order valence-electron chi connectivity index (χ4n) is 1.81. The molecule has 0 aliphatic carbocycles. The van der Waals surface area contributed by atoms with Gasteiger partial charge in [0.2, 0.25) is 0 Å². The van der Waals surface area contributed by atoms with Gasteiger partial charge in [0, 0.05) is 5.56 Å². The van der Waals surface area contributed by atoms with Crippen molar-refractivity contribution >= 4 is 5.97 Å². The Hall–Kier alpha value is -1.55. The number of unbranched alkanes of at least 4 members (excludes halogenated alkanes) is 2. The van der Waals surface area contributed by atoms with Crippen LogP contribution >= 0.6 is 0 Å². The number of carbonyl (C=O) groups is 1. The second kappa shape index (κ2) is 5.68. The number of ether oxygens (including phenoxy) is 2. The second-order valence-corrected chi connectivity index (χ2v) is 4.09. The van der Waals surface area contributed by atoms with Crippen LogP contribution in [0.15, 0.2) is 18.2 Å². The molecule has 2 N–H and O–H groups in total. The predicted octanol–water partition coefficient (Wildman–Crippen LogP) is 1.86. The molecule has 4 heteroatoms. The van der Waals surface area contributed by atoms with Gasteiger partial charge in [-0.05, 0) is 44.0 Å². The third-order valence-corrected chi connectivity index (χ3v) is 2.77. The summed E-state index contributed by atoms with van der Waals surface area (Å²) in [5.74, 6) is 0.560. The molecule has 17 heavy (non-hydrogen) atoms. The van der Waals surface area contributed by atoms with E-state index in [4.69, 9.17) is 15.2 Å². The van der Waals surface area contributed by atoms with Crippen LogP contribution in [0.3, 0.4) is 0 Å². The Morgan fingerprint density at radius 1 is 1.29 bits per heavy atom. The number of nitrogens with two attached hydrogens (primary N) is 1. The van der Waals surface area contributed by atoms with E-state index in [0.717, 1.165) is 37.1 Å². The van der Waals surface area contributed by atoms with Gasteiger partial charge in [-0.2, -0.15) is 0 Å². The summed E-state index contributed by atoms with van der Waals surface area (Å²) in [7, 11) is 0. The lowest BCUT2D eigenvalue weighted by atomic mass is 10.1. The van der Waals surface area contributed by atoms with Crippen molar-refractivity contribution in [3.8, 4) is 5.75 Å². The summed E-state index contributed by atoms with van der Waals surface area (Å²) in [4.78, 5) is 11.2. The molecule has 0 atom stereocenters. The molecule has 1 aliphatic rings. The minimum atomic E-state index is -0.241. The Morgan fingerprint density at radius 2 is 2.18 bits per heavy atom. The Morgan fingerprint density at radius 3 is 3.00 bits per heavy atom. The van der Waals surface area contributed by atoms with Gasteiger partial charge >= 0.3 is 5.97 Å². The van der Waals surface area contributed by atoms with Crippen LogP contribution in [0.5, 0.6) is 5.75 Å². The van der Waals surface area contributed by atoms with Crippen molar-refractivity contribution in [1.29, 1.82) is 0 Å². The van der Waals surface area contributed by atoms with E-state index in [9.17, 15) is 4.79 Å². The summed E-state index contributed by atoms with van der Waals surface area (Å²) in [6, 6.07) is 5.46. The highest BCUT2D eigenvalue weighted by Crippen LogP contribution is 2.24. The van der Waals surface area contributed by atoms with Crippen molar-refractivity contribution in [2.45, 2.75) is 25.9 Å². The summed E-state index contributed by atoms with van der Waals surface area (Å²) in [6.45, 7) is 1.78. The third-order valence-electron chi connectivity index (χ3n) is 2.77. The maximum atomic E-state index is 11.2. The lowest BCUT2D eigenvalue weighted by molar-refractivity contribution is 0.0535. The molecule has 0 bridgehead atoms. The van der Waals surface area contributed by atoms with Crippen LogP contribution in [0.2, 0.25) is 0 Å². The molecule has 0 radical (unpaired) electrons. The Balaban J connectivity index is 1.84. The Bertz CT molecular complexity index is 404. The van der Waals surface area contributed by atoms with Crippen molar-refractivity contribution in [3.05, 3.63) is 29.3 Å². The van der Waals surface area contributed by atoms with E-state index >= 15 is 0 Å². The highest BCUT2D eigenvalue weighted by Gasteiger charge is 2.20. The van der Waals surface area contributed by atoms with Crippen molar-refractivity contribution in [3.63, 3.8) is 0 Å². The largest absolute Gasteiger partial charge is 0.494 e. The van der Waals surface area contributed by atoms with Gasteiger partial charge in [-0.25, -0.2) is 4.79 Å². The maximum Gasteiger partial charge on any atom is 0.338 e. The molecule has 1 aliphatic heterocycles. The van der Waals surface area contributed by atoms with Crippen LogP contribution in [-0.2, 0) is 11.3 Å². The maximum absolute atomic E-state index is 11.2. The molecule has 4 nitrogen and oxygen atoms in total. The first-order valence-corrected chi connectivity index (χ1v) is 5.94. The van der Waals surface area contributed by atoms with Gasteiger partial charge < -0.3 is 15.2 Å². The van der Waals surface area contributed by atoms with Crippen molar-refractivity contribution in [2.24, 2.45) is 5.73 Å². The van der Waals surface area contributed by atoms with Crippen molar-refractivity contribution in [1.82, 2.24) is 0 Å². The normalized spacial score (nSPS) is 13.4. The smallest absolute Gasteiger partial charge is 0.338 e. The number of hydrogen-bond donors (Lipinski definition) is 1. The molecule has 2 rings (SSSR count). The summed E-state index contributed by atoms with van der Waals surface area (Å²) in [5.41, 5.74) is 6.97. The molecular formula is C13H17NO3. The number of hydrogen-bond acceptors (Lipinski definition) is 4. The average Bonchev–Trinajstić information content (AvgIpc) is 2.71. The monoisotopic (exact) mass is 235 g/mol. The van der Waals surface area contributed by atoms with Crippen LogP contribution in [0.25, 0.3) is 0 Å². The van der Waals surface area contributed by atoms with Gasteiger partial charge in [0.25, 0.3) is 0 Å². The van der Waals surface area contributed by atoms with Crippen LogP contribution < -0.4 is 10.5 Å². The molecule has 1 aromatic carbocycles. The zero-order chi connectivity index (χ0) is 12.1. The number of cyclic esters (lactones) is 1.